The van der Waals surface area contributed by atoms with Crippen LogP contribution in [0.2, 0.25) is 0 Å². The Bertz CT molecular complexity index is 1060. The molecule has 6 nitrogen and oxygen atoms in total. The predicted molar refractivity (Wildman–Crippen MR) is 122 cm³/mol. The third-order valence-electron chi connectivity index (χ3n) is 5.08. The molecule has 0 aliphatic heterocycles. The van der Waals surface area contributed by atoms with Crippen LogP contribution in [-0.2, 0) is 9.59 Å². The molecular formula is C22H24N4O2S2. The molecule has 156 valence electrons. The second kappa shape index (κ2) is 9.14. The van der Waals surface area contributed by atoms with Crippen LogP contribution >= 0.6 is 23.1 Å². The van der Waals surface area contributed by atoms with Crippen molar-refractivity contribution in [2.45, 2.75) is 49.5 Å². The number of amides is 2. The van der Waals surface area contributed by atoms with Gasteiger partial charge in [0.1, 0.15) is 0 Å². The predicted octanol–water partition coefficient (Wildman–Crippen LogP) is 4.57. The highest BCUT2D eigenvalue weighted by molar-refractivity contribution is 8.01. The van der Waals surface area contributed by atoms with Crippen LogP contribution in [-0.4, -0.2) is 33.8 Å². The summed E-state index contributed by atoms with van der Waals surface area (Å²) in [7, 11) is 0. The van der Waals surface area contributed by atoms with E-state index in [0.29, 0.717) is 15.9 Å². The summed E-state index contributed by atoms with van der Waals surface area (Å²) in [4.78, 5) is 26.5. The van der Waals surface area contributed by atoms with Crippen LogP contribution in [0.15, 0.2) is 46.8 Å². The van der Waals surface area contributed by atoms with Crippen molar-refractivity contribution in [1.82, 2.24) is 15.5 Å². The summed E-state index contributed by atoms with van der Waals surface area (Å²) in [5.41, 5.74) is 1.10. The summed E-state index contributed by atoms with van der Waals surface area (Å²) in [6.07, 6.45) is 2.48. The molecule has 1 heterocycles. The Balaban J connectivity index is 1.36. The van der Waals surface area contributed by atoms with E-state index in [1.165, 1.54) is 23.1 Å². The molecule has 0 saturated heterocycles. The number of thioether (sulfide) groups is 1. The van der Waals surface area contributed by atoms with Crippen molar-refractivity contribution in [3.63, 3.8) is 0 Å². The molecule has 8 heteroatoms. The Morgan fingerprint density at radius 3 is 2.73 bits per heavy atom. The molecular weight excluding hydrogens is 416 g/mol. The van der Waals surface area contributed by atoms with Gasteiger partial charge in [0.05, 0.1) is 11.8 Å². The van der Waals surface area contributed by atoms with Crippen LogP contribution in [0.25, 0.3) is 10.8 Å². The fourth-order valence-electron chi connectivity index (χ4n) is 3.44. The first-order valence-electron chi connectivity index (χ1n) is 10.1. The molecule has 1 aliphatic rings. The van der Waals surface area contributed by atoms with Gasteiger partial charge in [-0.25, -0.2) is 0 Å². The highest BCUT2D eigenvalue weighted by Gasteiger charge is 2.35. The monoisotopic (exact) mass is 440 g/mol. The number of carbonyl (C=O) groups is 2. The van der Waals surface area contributed by atoms with E-state index in [1.807, 2.05) is 32.0 Å². The van der Waals surface area contributed by atoms with E-state index in [4.69, 9.17) is 0 Å². The Morgan fingerprint density at radius 2 is 1.97 bits per heavy atom. The average molecular weight is 441 g/mol. The van der Waals surface area contributed by atoms with Crippen molar-refractivity contribution < 1.29 is 9.59 Å². The summed E-state index contributed by atoms with van der Waals surface area (Å²) in [6.45, 7) is 3.85. The third-order valence-corrected chi connectivity index (χ3v) is 7.14. The zero-order valence-electron chi connectivity index (χ0n) is 17.0. The first-order valence-corrected chi connectivity index (χ1v) is 11.9. The highest BCUT2D eigenvalue weighted by atomic mass is 32.2. The van der Waals surface area contributed by atoms with Crippen LogP contribution < -0.4 is 10.2 Å². The molecule has 0 radical (unpaired) electrons. The number of hydrogen-bond donors (Lipinski definition) is 1. The summed E-state index contributed by atoms with van der Waals surface area (Å²) < 4.78 is 0.701. The maximum absolute atomic E-state index is 12.5. The van der Waals surface area contributed by atoms with E-state index in [-0.39, 0.29) is 29.7 Å². The molecule has 1 aromatic heterocycles. The number of benzene rings is 2. The van der Waals surface area contributed by atoms with Gasteiger partial charge in [-0.15, -0.1) is 10.2 Å². The summed E-state index contributed by atoms with van der Waals surface area (Å²) in [6, 6.07) is 14.5. The van der Waals surface area contributed by atoms with E-state index in [2.05, 4.69) is 39.8 Å². The Labute approximate surface area is 184 Å². The van der Waals surface area contributed by atoms with Crippen molar-refractivity contribution in [2.75, 3.05) is 10.7 Å². The number of nitrogens with one attached hydrogen (secondary N) is 1. The van der Waals surface area contributed by atoms with Gasteiger partial charge in [-0.1, -0.05) is 72.5 Å². The molecule has 1 unspecified atom stereocenters. The lowest BCUT2D eigenvalue weighted by Gasteiger charge is -2.17. The zero-order valence-corrected chi connectivity index (χ0v) is 18.6. The Morgan fingerprint density at radius 1 is 1.20 bits per heavy atom. The molecule has 1 atom stereocenters. The summed E-state index contributed by atoms with van der Waals surface area (Å²) in [5, 5.41) is 14.4. The smallest absolute Gasteiger partial charge is 0.230 e. The van der Waals surface area contributed by atoms with Gasteiger partial charge in [-0.2, -0.15) is 0 Å². The van der Waals surface area contributed by atoms with E-state index in [0.717, 1.165) is 29.2 Å². The lowest BCUT2D eigenvalue weighted by atomic mass is 10.00. The fourth-order valence-corrected chi connectivity index (χ4v) is 5.19. The van der Waals surface area contributed by atoms with Crippen LogP contribution in [0.4, 0.5) is 5.13 Å². The lowest BCUT2D eigenvalue weighted by Crippen LogP contribution is -2.32. The second-order valence-electron chi connectivity index (χ2n) is 7.35. The molecule has 2 aromatic carbocycles. The van der Waals surface area contributed by atoms with Gasteiger partial charge in [-0.3, -0.25) is 14.5 Å². The standard InChI is InChI=1S/C22H24N4O2S2/c1-3-20(28)26(16-11-12-16)21-24-25-22(30-21)29-13-19(27)23-14(2)17-10-6-8-15-7-4-5-9-18(15)17/h4-10,14,16H,3,11-13H2,1-2H3,(H,23,27). The largest absolute Gasteiger partial charge is 0.349 e. The van der Waals surface area contributed by atoms with Crippen LogP contribution in [0.5, 0.6) is 0 Å². The molecule has 1 saturated carbocycles. The van der Waals surface area contributed by atoms with Crippen molar-refractivity contribution in [3.8, 4) is 0 Å². The normalized spacial score (nSPS) is 14.5. The Kier molecular flexibility index (Phi) is 6.34. The topological polar surface area (TPSA) is 75.2 Å². The molecule has 1 aliphatic carbocycles. The average Bonchev–Trinajstić information content (AvgIpc) is 3.48. The quantitative estimate of drug-likeness (QED) is 0.410. The number of aromatic nitrogens is 2. The lowest BCUT2D eigenvalue weighted by molar-refractivity contribution is -0.119. The van der Waals surface area contributed by atoms with Crippen molar-refractivity contribution in [1.29, 1.82) is 0 Å². The van der Waals surface area contributed by atoms with Gasteiger partial charge in [0, 0.05) is 12.5 Å². The zero-order chi connectivity index (χ0) is 21.1. The molecule has 0 bridgehead atoms. The van der Waals surface area contributed by atoms with Crippen molar-refractivity contribution >= 4 is 50.8 Å². The SMILES string of the molecule is CCC(=O)N(c1nnc(SCC(=O)NC(C)c2cccc3ccccc23)s1)C1CC1. The highest BCUT2D eigenvalue weighted by Crippen LogP contribution is 2.36. The first kappa shape index (κ1) is 20.8. The molecule has 1 N–H and O–H groups in total. The minimum Gasteiger partial charge on any atom is -0.349 e. The number of nitrogens with zero attached hydrogens (tertiary/aromatic N) is 3. The fraction of sp³-hybridized carbons (Fsp3) is 0.364. The number of hydrogen-bond acceptors (Lipinski definition) is 6. The van der Waals surface area contributed by atoms with Gasteiger partial charge in [0.2, 0.25) is 16.9 Å². The number of carbonyl (C=O) groups excluding carboxylic acids is 2. The molecule has 2 amide bonds. The molecule has 1 fully saturated rings. The van der Waals surface area contributed by atoms with Crippen molar-refractivity contribution in [3.05, 3.63) is 48.0 Å². The first-order chi connectivity index (χ1) is 14.6. The summed E-state index contributed by atoms with van der Waals surface area (Å²) >= 11 is 2.73. The molecule has 4 rings (SSSR count). The summed E-state index contributed by atoms with van der Waals surface area (Å²) in [5.74, 6) is 0.280. The Hall–Kier alpha value is -2.45. The molecule has 0 spiro atoms. The van der Waals surface area contributed by atoms with E-state index in [9.17, 15) is 9.59 Å². The van der Waals surface area contributed by atoms with Crippen LogP contribution in [0.3, 0.4) is 0 Å². The van der Waals surface area contributed by atoms with Gasteiger partial charge in [0.25, 0.3) is 0 Å². The maximum atomic E-state index is 12.5. The van der Waals surface area contributed by atoms with Gasteiger partial charge in [0.15, 0.2) is 4.34 Å². The maximum Gasteiger partial charge on any atom is 0.230 e. The number of anilines is 1. The van der Waals surface area contributed by atoms with Crippen LogP contribution in [0, 0.1) is 0 Å². The number of rotatable bonds is 8. The second-order valence-corrected chi connectivity index (χ2v) is 9.52. The van der Waals surface area contributed by atoms with Crippen molar-refractivity contribution in [2.24, 2.45) is 0 Å². The molecule has 30 heavy (non-hydrogen) atoms. The van der Waals surface area contributed by atoms with Crippen LogP contribution in [0.1, 0.15) is 44.7 Å². The van der Waals surface area contributed by atoms with Gasteiger partial charge >= 0.3 is 0 Å². The van der Waals surface area contributed by atoms with Gasteiger partial charge < -0.3 is 5.32 Å². The van der Waals surface area contributed by atoms with E-state index >= 15 is 0 Å². The van der Waals surface area contributed by atoms with Gasteiger partial charge in [-0.05, 0) is 36.1 Å². The minimum atomic E-state index is -0.0956. The number of fused-ring (bicyclic) bond motifs is 1. The van der Waals surface area contributed by atoms with E-state index in [1.54, 1.807) is 4.90 Å². The minimum absolute atomic E-state index is 0.0548. The third kappa shape index (κ3) is 4.65. The molecule has 3 aromatic rings. The van der Waals surface area contributed by atoms with E-state index < -0.39 is 0 Å².